The maximum absolute atomic E-state index is 13.8. The number of esters is 1. The summed E-state index contributed by atoms with van der Waals surface area (Å²) in [5.74, 6) is 0.957. The Morgan fingerprint density at radius 3 is 1.97 bits per heavy atom. The van der Waals surface area contributed by atoms with Crippen molar-refractivity contribution in [2.24, 2.45) is 5.92 Å². The van der Waals surface area contributed by atoms with Crippen molar-refractivity contribution in [3.05, 3.63) is 70.3 Å². The maximum Gasteiger partial charge on any atom is 0.314 e. The van der Waals surface area contributed by atoms with E-state index in [0.717, 1.165) is 22.3 Å². The van der Waals surface area contributed by atoms with Crippen molar-refractivity contribution >= 4 is 11.9 Å². The van der Waals surface area contributed by atoms with Gasteiger partial charge in [-0.2, -0.15) is 0 Å². The Balaban J connectivity index is 1.89. The van der Waals surface area contributed by atoms with E-state index in [-0.39, 0.29) is 35.7 Å². The molecule has 1 aliphatic rings. The van der Waals surface area contributed by atoms with Crippen LogP contribution >= 0.6 is 0 Å². The molecule has 0 unspecified atom stereocenters. The minimum Gasteiger partial charge on any atom is -0.493 e. The number of amides is 1. The fourth-order valence-corrected chi connectivity index (χ4v) is 5.38. The summed E-state index contributed by atoms with van der Waals surface area (Å²) in [7, 11) is 3.16. The van der Waals surface area contributed by atoms with Crippen LogP contribution in [0.15, 0.2) is 42.5 Å². The van der Waals surface area contributed by atoms with Gasteiger partial charge < -0.3 is 19.5 Å². The molecule has 39 heavy (non-hydrogen) atoms. The van der Waals surface area contributed by atoms with Crippen molar-refractivity contribution in [2.45, 2.75) is 84.6 Å². The highest BCUT2D eigenvalue weighted by Gasteiger charge is 2.35. The molecular formula is C33H45NO5. The molecule has 1 N–H and O–H groups in total. The third-order valence-electron chi connectivity index (χ3n) is 7.53. The van der Waals surface area contributed by atoms with Gasteiger partial charge in [0.1, 0.15) is 0 Å². The molecule has 1 aliphatic carbocycles. The van der Waals surface area contributed by atoms with E-state index in [1.54, 1.807) is 27.2 Å². The summed E-state index contributed by atoms with van der Waals surface area (Å²) in [6.45, 7) is 15.0. The fourth-order valence-electron chi connectivity index (χ4n) is 5.38. The third kappa shape index (κ3) is 6.84. The molecule has 0 bridgehead atoms. The number of benzene rings is 2. The second kappa shape index (κ2) is 13.2. The van der Waals surface area contributed by atoms with Gasteiger partial charge in [0.15, 0.2) is 11.5 Å². The van der Waals surface area contributed by atoms with Crippen LogP contribution in [0.1, 0.15) is 111 Å². The van der Waals surface area contributed by atoms with Gasteiger partial charge in [-0.3, -0.25) is 9.59 Å². The Morgan fingerprint density at radius 2 is 1.46 bits per heavy atom. The molecule has 2 aromatic rings. The van der Waals surface area contributed by atoms with Gasteiger partial charge in [0.25, 0.3) is 5.91 Å². The number of methoxy groups -OCH3 is 2. The molecule has 212 valence electrons. The van der Waals surface area contributed by atoms with E-state index in [2.05, 4.69) is 59.0 Å². The third-order valence-corrected chi connectivity index (χ3v) is 7.53. The number of hydrogen-bond donors (Lipinski definition) is 1. The number of rotatable bonds is 11. The summed E-state index contributed by atoms with van der Waals surface area (Å²) >= 11 is 0. The maximum atomic E-state index is 13.8. The molecule has 0 aromatic heterocycles. The van der Waals surface area contributed by atoms with Crippen molar-refractivity contribution in [1.29, 1.82) is 0 Å². The molecule has 0 saturated heterocycles. The van der Waals surface area contributed by atoms with Gasteiger partial charge in [-0.1, -0.05) is 71.9 Å². The van der Waals surface area contributed by atoms with E-state index < -0.39 is 5.92 Å². The highest BCUT2D eigenvalue weighted by atomic mass is 16.5. The lowest BCUT2D eigenvalue weighted by Crippen LogP contribution is -2.35. The SMILES string of the molecule is CCOC(=O)[C@H](c1ccc(OC)c(OC)c1)[C@H]1C=C[C@H](NC(=O)c2c(C(C)C)cc(C(C)C)cc2C(C)C)C1. The normalized spacial score (nSPS) is 17.5. The topological polar surface area (TPSA) is 73.9 Å². The summed E-state index contributed by atoms with van der Waals surface area (Å²) in [5.41, 5.74) is 4.99. The van der Waals surface area contributed by atoms with Gasteiger partial charge in [-0.05, 0) is 71.4 Å². The average molecular weight is 536 g/mol. The first-order valence-electron chi connectivity index (χ1n) is 14.1. The Kier molecular flexibility index (Phi) is 10.2. The molecule has 0 spiro atoms. The lowest BCUT2D eigenvalue weighted by Gasteiger charge is -2.25. The molecule has 0 fully saturated rings. The smallest absolute Gasteiger partial charge is 0.314 e. The quantitative estimate of drug-likeness (QED) is 0.245. The van der Waals surface area contributed by atoms with Crippen LogP contribution in [0.5, 0.6) is 11.5 Å². The highest BCUT2D eigenvalue weighted by molar-refractivity contribution is 5.98. The van der Waals surface area contributed by atoms with E-state index in [0.29, 0.717) is 30.4 Å². The van der Waals surface area contributed by atoms with Gasteiger partial charge in [0.2, 0.25) is 0 Å². The van der Waals surface area contributed by atoms with E-state index in [4.69, 9.17) is 14.2 Å². The van der Waals surface area contributed by atoms with Crippen LogP contribution in [0.4, 0.5) is 0 Å². The summed E-state index contributed by atoms with van der Waals surface area (Å²) in [6, 6.07) is 9.71. The fraction of sp³-hybridized carbons (Fsp3) is 0.515. The van der Waals surface area contributed by atoms with Gasteiger partial charge in [-0.25, -0.2) is 0 Å². The molecular weight excluding hydrogens is 490 g/mol. The van der Waals surface area contributed by atoms with Crippen molar-refractivity contribution in [1.82, 2.24) is 5.32 Å². The summed E-state index contributed by atoms with van der Waals surface area (Å²) < 4.78 is 16.3. The second-order valence-electron chi connectivity index (χ2n) is 11.2. The highest BCUT2D eigenvalue weighted by Crippen LogP contribution is 2.39. The molecule has 3 atom stereocenters. The zero-order chi connectivity index (χ0) is 28.9. The van der Waals surface area contributed by atoms with Crippen LogP contribution in [0, 0.1) is 5.92 Å². The van der Waals surface area contributed by atoms with E-state index >= 15 is 0 Å². The number of carbonyl (C=O) groups is 2. The number of carbonyl (C=O) groups excluding carboxylic acids is 2. The van der Waals surface area contributed by atoms with Crippen molar-refractivity contribution < 1.29 is 23.8 Å². The molecule has 0 radical (unpaired) electrons. The molecule has 0 heterocycles. The first-order valence-corrected chi connectivity index (χ1v) is 14.1. The summed E-state index contributed by atoms with van der Waals surface area (Å²) in [6.07, 6.45) is 4.63. The predicted octanol–water partition coefficient (Wildman–Crippen LogP) is 7.10. The zero-order valence-corrected chi connectivity index (χ0v) is 25.0. The molecule has 1 amide bonds. The second-order valence-corrected chi connectivity index (χ2v) is 11.2. The molecule has 2 aromatic carbocycles. The Morgan fingerprint density at radius 1 is 0.846 bits per heavy atom. The number of allylic oxidation sites excluding steroid dienone is 1. The van der Waals surface area contributed by atoms with Crippen LogP contribution < -0.4 is 14.8 Å². The van der Waals surface area contributed by atoms with Crippen molar-refractivity contribution in [2.75, 3.05) is 20.8 Å². The zero-order valence-electron chi connectivity index (χ0n) is 25.0. The minimum absolute atomic E-state index is 0.0631. The average Bonchev–Trinajstić information content (AvgIpc) is 3.35. The first-order chi connectivity index (χ1) is 18.5. The van der Waals surface area contributed by atoms with E-state index in [1.165, 1.54) is 5.56 Å². The van der Waals surface area contributed by atoms with Crippen LogP contribution in [0.25, 0.3) is 0 Å². The minimum atomic E-state index is -0.523. The van der Waals surface area contributed by atoms with Crippen LogP contribution in [-0.2, 0) is 9.53 Å². The molecule has 3 rings (SSSR count). The Bertz CT molecular complexity index is 1170. The van der Waals surface area contributed by atoms with E-state index in [9.17, 15) is 9.59 Å². The summed E-state index contributed by atoms with van der Waals surface area (Å²) in [4.78, 5) is 26.9. The standard InChI is InChI=1S/C33H45NO5/c1-10-39-33(36)30(23-12-14-28(37-8)29(18-23)38-9)22-11-13-25(15-22)34-32(35)31-26(20(4)5)16-24(19(2)3)17-27(31)21(6)7/h11-14,16-22,25,30H,10,15H2,1-9H3,(H,34,35)/t22-,25-,30-/m0/s1. The number of hydrogen-bond acceptors (Lipinski definition) is 5. The monoisotopic (exact) mass is 535 g/mol. The van der Waals surface area contributed by atoms with Gasteiger partial charge in [0.05, 0.1) is 26.7 Å². The molecule has 6 nitrogen and oxygen atoms in total. The number of ether oxygens (including phenoxy) is 3. The Labute approximate surface area is 234 Å². The molecule has 0 aliphatic heterocycles. The summed E-state index contributed by atoms with van der Waals surface area (Å²) in [5, 5.41) is 3.26. The van der Waals surface area contributed by atoms with Crippen molar-refractivity contribution in [3.63, 3.8) is 0 Å². The van der Waals surface area contributed by atoms with E-state index in [1.807, 2.05) is 24.3 Å². The molecule has 0 saturated carbocycles. The van der Waals surface area contributed by atoms with Gasteiger partial charge >= 0.3 is 5.97 Å². The lowest BCUT2D eigenvalue weighted by molar-refractivity contribution is -0.146. The Hall–Kier alpha value is -3.28. The largest absolute Gasteiger partial charge is 0.493 e. The predicted molar refractivity (Wildman–Crippen MR) is 156 cm³/mol. The van der Waals surface area contributed by atoms with Gasteiger partial charge in [0, 0.05) is 11.6 Å². The van der Waals surface area contributed by atoms with Gasteiger partial charge in [-0.15, -0.1) is 0 Å². The van der Waals surface area contributed by atoms with Crippen LogP contribution in [-0.4, -0.2) is 38.7 Å². The lowest BCUT2D eigenvalue weighted by atomic mass is 9.83. The van der Waals surface area contributed by atoms with Crippen LogP contribution in [0.3, 0.4) is 0 Å². The first kappa shape index (κ1) is 30.3. The van der Waals surface area contributed by atoms with Crippen molar-refractivity contribution in [3.8, 4) is 11.5 Å². The van der Waals surface area contributed by atoms with Crippen LogP contribution in [0.2, 0.25) is 0 Å². The molecule has 6 heteroatoms. The number of nitrogens with one attached hydrogen (secondary N) is 1.